The van der Waals surface area contributed by atoms with Crippen LogP contribution in [-0.2, 0) is 6.54 Å². The van der Waals surface area contributed by atoms with Gasteiger partial charge in [0.05, 0.1) is 38.2 Å². The lowest BCUT2D eigenvalue weighted by Crippen LogP contribution is -2.36. The number of para-hydroxylation sites is 1. The Morgan fingerprint density at radius 3 is 2.50 bits per heavy atom. The molecule has 210 valence electrons. The average molecular weight is 547 g/mol. The van der Waals surface area contributed by atoms with Crippen LogP contribution in [0.1, 0.15) is 25.3 Å². The molecule has 0 saturated heterocycles. The van der Waals surface area contributed by atoms with Crippen LogP contribution in [-0.4, -0.2) is 49.8 Å². The number of anilines is 2. The Morgan fingerprint density at radius 1 is 0.950 bits per heavy atom. The number of methoxy groups -OCH3 is 3. The predicted octanol–water partition coefficient (Wildman–Crippen LogP) is 6.71. The van der Waals surface area contributed by atoms with Crippen molar-refractivity contribution in [2.24, 2.45) is 0 Å². The number of nitrogens with one attached hydrogen (secondary N) is 2. The van der Waals surface area contributed by atoms with Gasteiger partial charge in [-0.2, -0.15) is 0 Å². The van der Waals surface area contributed by atoms with Gasteiger partial charge < -0.3 is 29.7 Å². The van der Waals surface area contributed by atoms with Gasteiger partial charge in [0.1, 0.15) is 11.6 Å². The molecule has 0 aliphatic heterocycles. The number of pyridine rings is 1. The molecule has 0 bridgehead atoms. The summed E-state index contributed by atoms with van der Waals surface area (Å²) in [6.45, 7) is 2.86. The van der Waals surface area contributed by atoms with Crippen LogP contribution in [0.2, 0.25) is 0 Å². The van der Waals surface area contributed by atoms with E-state index in [9.17, 15) is 9.18 Å². The number of benzene rings is 3. The third kappa shape index (κ3) is 7.11. The average Bonchev–Trinajstić information content (AvgIpc) is 2.97. The van der Waals surface area contributed by atoms with Crippen molar-refractivity contribution >= 4 is 28.3 Å². The molecule has 4 aromatic rings. The number of amides is 2. The molecule has 2 amide bonds. The van der Waals surface area contributed by atoms with Crippen LogP contribution in [0, 0.1) is 5.82 Å². The number of ether oxygens (including phenoxy) is 3. The number of carbonyl (C=O) groups excluding carboxylic acids is 1. The van der Waals surface area contributed by atoms with E-state index < -0.39 is 5.82 Å². The van der Waals surface area contributed by atoms with Gasteiger partial charge in [0.15, 0.2) is 11.5 Å². The summed E-state index contributed by atoms with van der Waals surface area (Å²) >= 11 is 0. The molecule has 40 heavy (non-hydrogen) atoms. The van der Waals surface area contributed by atoms with Crippen LogP contribution in [0.3, 0.4) is 0 Å². The number of aromatic nitrogens is 1. The molecule has 1 unspecified atom stereocenters. The van der Waals surface area contributed by atoms with E-state index in [4.69, 9.17) is 14.2 Å². The lowest BCUT2D eigenvalue weighted by atomic mass is 10.1. The minimum absolute atomic E-state index is 0.0925. The molecule has 8 nitrogen and oxygen atoms in total. The monoisotopic (exact) mass is 546 g/mol. The minimum Gasteiger partial charge on any atom is -0.497 e. The summed E-state index contributed by atoms with van der Waals surface area (Å²) in [5.74, 6) is 1.44. The highest BCUT2D eigenvalue weighted by Gasteiger charge is 2.18. The SMILES string of the molecule is COc1cc(NC(C)CCCN(Cc2ccc(OC)c(OC)c2)C(=O)Nc2ccccc2F)c2ncccc2c1. The van der Waals surface area contributed by atoms with E-state index in [-0.39, 0.29) is 17.8 Å². The molecule has 2 N–H and O–H groups in total. The Morgan fingerprint density at radius 2 is 1.75 bits per heavy atom. The Balaban J connectivity index is 1.46. The zero-order valence-corrected chi connectivity index (χ0v) is 23.2. The number of hydrogen-bond acceptors (Lipinski definition) is 6. The topological polar surface area (TPSA) is 85.0 Å². The fourth-order valence-electron chi connectivity index (χ4n) is 4.53. The Labute approximate surface area is 234 Å². The van der Waals surface area contributed by atoms with Crippen LogP contribution in [0.15, 0.2) is 72.9 Å². The van der Waals surface area contributed by atoms with Crippen LogP contribution in [0.4, 0.5) is 20.6 Å². The van der Waals surface area contributed by atoms with Gasteiger partial charge in [-0.3, -0.25) is 4.98 Å². The van der Waals surface area contributed by atoms with Crippen LogP contribution in [0.5, 0.6) is 17.2 Å². The number of fused-ring (bicyclic) bond motifs is 1. The largest absolute Gasteiger partial charge is 0.497 e. The molecule has 1 heterocycles. The molecule has 4 rings (SSSR count). The first-order chi connectivity index (χ1) is 19.4. The first kappa shape index (κ1) is 28.5. The highest BCUT2D eigenvalue weighted by Crippen LogP contribution is 2.30. The first-order valence-corrected chi connectivity index (χ1v) is 13.1. The smallest absolute Gasteiger partial charge is 0.322 e. The summed E-state index contributed by atoms with van der Waals surface area (Å²) in [6.07, 6.45) is 3.26. The second kappa shape index (κ2) is 13.5. The molecular formula is C31H35FN4O4. The van der Waals surface area contributed by atoms with Gasteiger partial charge in [-0.15, -0.1) is 0 Å². The Bertz CT molecular complexity index is 1450. The molecule has 0 aliphatic rings. The highest BCUT2D eigenvalue weighted by atomic mass is 19.1. The van der Waals surface area contributed by atoms with Crippen molar-refractivity contribution in [3.63, 3.8) is 0 Å². The van der Waals surface area contributed by atoms with Gasteiger partial charge in [0, 0.05) is 36.8 Å². The molecular weight excluding hydrogens is 511 g/mol. The molecule has 0 fully saturated rings. The minimum atomic E-state index is -0.487. The van der Waals surface area contributed by atoms with Gasteiger partial charge in [0.2, 0.25) is 0 Å². The van der Waals surface area contributed by atoms with Crippen molar-refractivity contribution in [3.8, 4) is 17.2 Å². The zero-order chi connectivity index (χ0) is 28.5. The lowest BCUT2D eigenvalue weighted by Gasteiger charge is -2.25. The van der Waals surface area contributed by atoms with Gasteiger partial charge in [-0.1, -0.05) is 24.3 Å². The van der Waals surface area contributed by atoms with Crippen molar-refractivity contribution in [2.45, 2.75) is 32.4 Å². The Kier molecular flexibility index (Phi) is 9.62. The Hall–Kier alpha value is -4.53. The summed E-state index contributed by atoms with van der Waals surface area (Å²) in [4.78, 5) is 19.5. The van der Waals surface area contributed by atoms with Crippen LogP contribution in [0.25, 0.3) is 10.9 Å². The molecule has 0 aliphatic carbocycles. The molecule has 9 heteroatoms. The summed E-state index contributed by atoms with van der Waals surface area (Å²) in [5, 5.41) is 7.24. The summed E-state index contributed by atoms with van der Waals surface area (Å²) in [6, 6.07) is 19.2. The highest BCUT2D eigenvalue weighted by molar-refractivity contribution is 5.92. The number of carbonyl (C=O) groups is 1. The second-order valence-corrected chi connectivity index (χ2v) is 9.46. The molecule has 1 aromatic heterocycles. The van der Waals surface area contributed by atoms with Crippen molar-refractivity contribution in [2.75, 3.05) is 38.5 Å². The van der Waals surface area contributed by atoms with E-state index in [1.807, 2.05) is 36.4 Å². The maximum absolute atomic E-state index is 14.3. The maximum atomic E-state index is 14.3. The lowest BCUT2D eigenvalue weighted by molar-refractivity contribution is 0.207. The maximum Gasteiger partial charge on any atom is 0.322 e. The zero-order valence-electron chi connectivity index (χ0n) is 23.2. The van der Waals surface area contributed by atoms with E-state index >= 15 is 0 Å². The number of hydrogen-bond donors (Lipinski definition) is 2. The fraction of sp³-hybridized carbons (Fsp3) is 0.290. The normalized spacial score (nSPS) is 11.5. The van der Waals surface area contributed by atoms with E-state index in [1.165, 1.54) is 6.07 Å². The van der Waals surface area contributed by atoms with Crippen molar-refractivity contribution < 1.29 is 23.4 Å². The van der Waals surface area contributed by atoms with E-state index in [1.54, 1.807) is 56.7 Å². The van der Waals surface area contributed by atoms with E-state index in [2.05, 4.69) is 22.5 Å². The third-order valence-electron chi connectivity index (χ3n) is 6.61. The quantitative estimate of drug-likeness (QED) is 0.205. The number of nitrogens with zero attached hydrogens (tertiary/aromatic N) is 2. The summed E-state index contributed by atoms with van der Waals surface area (Å²) in [7, 11) is 4.79. The molecule has 0 radical (unpaired) electrons. The number of halogens is 1. The summed E-state index contributed by atoms with van der Waals surface area (Å²) < 4.78 is 30.5. The van der Waals surface area contributed by atoms with Crippen LogP contribution >= 0.6 is 0 Å². The molecule has 0 spiro atoms. The molecule has 1 atom stereocenters. The van der Waals surface area contributed by atoms with Gasteiger partial charge in [-0.25, -0.2) is 9.18 Å². The number of rotatable bonds is 12. The fourth-order valence-corrected chi connectivity index (χ4v) is 4.53. The van der Waals surface area contributed by atoms with Gasteiger partial charge in [0.25, 0.3) is 0 Å². The van der Waals surface area contributed by atoms with Crippen LogP contribution < -0.4 is 24.8 Å². The molecule has 0 saturated carbocycles. The second-order valence-electron chi connectivity index (χ2n) is 9.46. The van der Waals surface area contributed by atoms with Crippen molar-refractivity contribution in [1.82, 2.24) is 9.88 Å². The summed E-state index contributed by atoms with van der Waals surface area (Å²) in [5.41, 5.74) is 2.76. The van der Waals surface area contributed by atoms with Crippen molar-refractivity contribution in [3.05, 3.63) is 84.3 Å². The third-order valence-corrected chi connectivity index (χ3v) is 6.61. The molecule has 3 aromatic carbocycles. The predicted molar refractivity (Wildman–Crippen MR) is 156 cm³/mol. The van der Waals surface area contributed by atoms with Gasteiger partial charge >= 0.3 is 6.03 Å². The number of urea groups is 1. The van der Waals surface area contributed by atoms with Gasteiger partial charge in [-0.05, 0) is 61.7 Å². The standard InChI is InChI=1S/C31H35FN4O4/c1-21(34-27-19-24(38-2)18-23-10-7-15-33-30(23)27)9-8-16-36(31(37)35-26-12-6-5-11-25(26)32)20-22-13-14-28(39-3)29(17-22)40-4/h5-7,10-15,17-19,21,34H,8-9,16,20H2,1-4H3,(H,35,37). The van der Waals surface area contributed by atoms with E-state index in [0.717, 1.165) is 34.3 Å². The van der Waals surface area contributed by atoms with E-state index in [0.29, 0.717) is 31.0 Å². The first-order valence-electron chi connectivity index (χ1n) is 13.1. The van der Waals surface area contributed by atoms with Crippen molar-refractivity contribution in [1.29, 1.82) is 0 Å².